The number of hydrogen-bond acceptors (Lipinski definition) is 5. The predicted octanol–water partition coefficient (Wildman–Crippen LogP) is -0.249. The van der Waals surface area contributed by atoms with Crippen molar-refractivity contribution in [2.45, 2.75) is 12.5 Å². The third kappa shape index (κ3) is 3.93. The maximum Gasteiger partial charge on any atom is 0.320 e. The van der Waals surface area contributed by atoms with Gasteiger partial charge in [0.25, 0.3) is 0 Å². The van der Waals surface area contributed by atoms with E-state index < -0.39 is 12.0 Å². The van der Waals surface area contributed by atoms with Crippen LogP contribution in [0.3, 0.4) is 0 Å². The number of aromatic hydroxyl groups is 1. The van der Waals surface area contributed by atoms with Gasteiger partial charge in [0.05, 0.1) is 12.3 Å². The van der Waals surface area contributed by atoms with Crippen molar-refractivity contribution in [1.82, 2.24) is 0 Å². The Bertz CT molecular complexity index is 395. The van der Waals surface area contributed by atoms with E-state index in [0.717, 1.165) is 0 Å². The van der Waals surface area contributed by atoms with Crippen molar-refractivity contribution >= 4 is 11.7 Å². The van der Waals surface area contributed by atoms with Crippen LogP contribution in [0.25, 0.3) is 0 Å². The van der Waals surface area contributed by atoms with E-state index in [2.05, 4.69) is 5.32 Å². The molecule has 0 saturated heterocycles. The fraction of sp³-hybridized carbons (Fsp3) is 0.364. The summed E-state index contributed by atoms with van der Waals surface area (Å²) in [5.41, 5.74) is 6.52. The molecule has 6 N–H and O–H groups in total. The van der Waals surface area contributed by atoms with Crippen molar-refractivity contribution in [2.24, 2.45) is 5.73 Å². The molecule has 0 fully saturated rings. The number of rotatable bonds is 6. The van der Waals surface area contributed by atoms with Gasteiger partial charge < -0.3 is 26.4 Å². The summed E-state index contributed by atoms with van der Waals surface area (Å²) in [6.07, 6.45) is 0.156. The first-order valence-electron chi connectivity index (χ1n) is 5.19. The molecule has 17 heavy (non-hydrogen) atoms. The molecule has 1 unspecified atom stereocenters. The molecule has 94 valence electrons. The molecule has 0 bridgehead atoms. The number of phenols is 1. The molecule has 0 radical (unpaired) electrons. The number of aliphatic hydroxyl groups is 1. The van der Waals surface area contributed by atoms with E-state index in [1.165, 1.54) is 6.07 Å². The standard InChI is InChI=1S/C11H16N2O4/c12-8(11(16)17)5-7-1-2-9(10(15)6-7)13-3-4-14/h1-2,6,8,13-15H,3-5,12H2,(H,16,17). The van der Waals surface area contributed by atoms with Crippen molar-refractivity contribution in [3.63, 3.8) is 0 Å². The van der Waals surface area contributed by atoms with E-state index >= 15 is 0 Å². The van der Waals surface area contributed by atoms with Crippen LogP contribution in [-0.4, -0.2) is 40.5 Å². The van der Waals surface area contributed by atoms with E-state index in [4.69, 9.17) is 15.9 Å². The van der Waals surface area contributed by atoms with E-state index in [-0.39, 0.29) is 18.8 Å². The first-order valence-corrected chi connectivity index (χ1v) is 5.19. The minimum absolute atomic E-state index is 0.00791. The summed E-state index contributed by atoms with van der Waals surface area (Å²) >= 11 is 0. The van der Waals surface area contributed by atoms with Crippen LogP contribution < -0.4 is 11.1 Å². The lowest BCUT2D eigenvalue weighted by molar-refractivity contribution is -0.138. The Kier molecular flexibility index (Phi) is 4.74. The highest BCUT2D eigenvalue weighted by molar-refractivity contribution is 5.73. The highest BCUT2D eigenvalue weighted by atomic mass is 16.4. The third-order valence-electron chi connectivity index (χ3n) is 2.26. The number of anilines is 1. The second-order valence-corrected chi connectivity index (χ2v) is 3.65. The van der Waals surface area contributed by atoms with Crippen molar-refractivity contribution in [3.05, 3.63) is 23.8 Å². The molecule has 0 aliphatic carbocycles. The highest BCUT2D eigenvalue weighted by Gasteiger charge is 2.13. The smallest absolute Gasteiger partial charge is 0.320 e. The van der Waals surface area contributed by atoms with Crippen molar-refractivity contribution < 1.29 is 20.1 Å². The molecule has 1 rings (SSSR count). The number of benzene rings is 1. The molecular weight excluding hydrogens is 224 g/mol. The summed E-state index contributed by atoms with van der Waals surface area (Å²) in [6, 6.07) is 3.78. The van der Waals surface area contributed by atoms with Gasteiger partial charge in [-0.25, -0.2) is 0 Å². The average molecular weight is 240 g/mol. The molecule has 1 atom stereocenters. The van der Waals surface area contributed by atoms with Gasteiger partial charge >= 0.3 is 5.97 Å². The quantitative estimate of drug-likeness (QED) is 0.438. The summed E-state index contributed by atoms with van der Waals surface area (Å²) < 4.78 is 0. The highest BCUT2D eigenvalue weighted by Crippen LogP contribution is 2.24. The Labute approximate surface area is 98.7 Å². The molecule has 0 heterocycles. The molecule has 0 saturated carbocycles. The Balaban J connectivity index is 2.71. The van der Waals surface area contributed by atoms with Gasteiger partial charge in [-0.05, 0) is 24.1 Å². The predicted molar refractivity (Wildman–Crippen MR) is 63.0 cm³/mol. The van der Waals surface area contributed by atoms with Crippen LogP contribution in [0.15, 0.2) is 18.2 Å². The number of hydrogen-bond donors (Lipinski definition) is 5. The fourth-order valence-electron chi connectivity index (χ4n) is 1.39. The molecule has 0 spiro atoms. The van der Waals surface area contributed by atoms with Gasteiger partial charge in [-0.1, -0.05) is 6.07 Å². The molecule has 0 amide bonds. The number of carboxylic acids is 1. The third-order valence-corrected chi connectivity index (χ3v) is 2.26. The number of nitrogens with one attached hydrogen (secondary N) is 1. The van der Waals surface area contributed by atoms with Gasteiger partial charge in [-0.3, -0.25) is 4.79 Å². The Hall–Kier alpha value is -1.79. The summed E-state index contributed by atoms with van der Waals surface area (Å²) in [5.74, 6) is -1.07. The normalized spacial score (nSPS) is 12.1. The summed E-state index contributed by atoms with van der Waals surface area (Å²) in [4.78, 5) is 10.6. The van der Waals surface area contributed by atoms with Crippen LogP contribution in [0.1, 0.15) is 5.56 Å². The number of aliphatic carboxylic acids is 1. The van der Waals surface area contributed by atoms with E-state index in [9.17, 15) is 9.90 Å². The Morgan fingerprint density at radius 1 is 1.47 bits per heavy atom. The van der Waals surface area contributed by atoms with Crippen LogP contribution in [0.2, 0.25) is 0 Å². The molecular formula is C11H16N2O4. The van der Waals surface area contributed by atoms with Crippen LogP contribution in [0.5, 0.6) is 5.75 Å². The zero-order valence-corrected chi connectivity index (χ0v) is 9.26. The van der Waals surface area contributed by atoms with E-state index in [0.29, 0.717) is 17.8 Å². The monoisotopic (exact) mass is 240 g/mol. The van der Waals surface area contributed by atoms with Gasteiger partial charge in [0.2, 0.25) is 0 Å². The van der Waals surface area contributed by atoms with Crippen molar-refractivity contribution in [1.29, 1.82) is 0 Å². The van der Waals surface area contributed by atoms with Crippen LogP contribution in [-0.2, 0) is 11.2 Å². The zero-order chi connectivity index (χ0) is 12.8. The Morgan fingerprint density at radius 3 is 2.71 bits per heavy atom. The maximum atomic E-state index is 10.6. The van der Waals surface area contributed by atoms with Crippen LogP contribution in [0, 0.1) is 0 Å². The average Bonchev–Trinajstić information content (AvgIpc) is 2.28. The molecule has 6 heteroatoms. The molecule has 0 aliphatic rings. The maximum absolute atomic E-state index is 10.6. The lowest BCUT2D eigenvalue weighted by Gasteiger charge is -2.10. The largest absolute Gasteiger partial charge is 0.506 e. The van der Waals surface area contributed by atoms with Crippen LogP contribution >= 0.6 is 0 Å². The summed E-state index contributed by atoms with van der Waals surface area (Å²) in [7, 11) is 0. The van der Waals surface area contributed by atoms with Gasteiger partial charge in [-0.2, -0.15) is 0 Å². The Morgan fingerprint density at radius 2 is 2.18 bits per heavy atom. The SMILES string of the molecule is NC(Cc1ccc(NCCO)c(O)c1)C(=O)O. The van der Waals surface area contributed by atoms with Crippen molar-refractivity contribution in [2.75, 3.05) is 18.5 Å². The van der Waals surface area contributed by atoms with E-state index in [1.807, 2.05) is 0 Å². The van der Waals surface area contributed by atoms with Crippen molar-refractivity contribution in [3.8, 4) is 5.75 Å². The number of phenolic OH excluding ortho intramolecular Hbond substituents is 1. The van der Waals surface area contributed by atoms with Gasteiger partial charge in [-0.15, -0.1) is 0 Å². The second kappa shape index (κ2) is 6.07. The molecule has 1 aromatic carbocycles. The second-order valence-electron chi connectivity index (χ2n) is 3.65. The molecule has 0 aromatic heterocycles. The molecule has 6 nitrogen and oxygen atoms in total. The first kappa shape index (κ1) is 13.3. The van der Waals surface area contributed by atoms with E-state index in [1.54, 1.807) is 12.1 Å². The lowest BCUT2D eigenvalue weighted by atomic mass is 10.1. The topological polar surface area (TPSA) is 116 Å². The number of carbonyl (C=O) groups is 1. The summed E-state index contributed by atoms with van der Waals surface area (Å²) in [5, 5.41) is 29.7. The van der Waals surface area contributed by atoms with Gasteiger partial charge in [0, 0.05) is 6.54 Å². The lowest BCUT2D eigenvalue weighted by Crippen LogP contribution is -2.32. The summed E-state index contributed by atoms with van der Waals surface area (Å²) in [6.45, 7) is 0.298. The van der Waals surface area contributed by atoms with Crippen LogP contribution in [0.4, 0.5) is 5.69 Å². The zero-order valence-electron chi connectivity index (χ0n) is 9.26. The number of aliphatic hydroxyl groups excluding tert-OH is 1. The molecule has 0 aliphatic heterocycles. The number of nitrogens with two attached hydrogens (primary N) is 1. The fourth-order valence-corrected chi connectivity index (χ4v) is 1.39. The van der Waals surface area contributed by atoms with Gasteiger partial charge in [0.15, 0.2) is 0 Å². The first-order chi connectivity index (χ1) is 8.04. The number of carboxylic acid groups (broad SMARTS) is 1. The van der Waals surface area contributed by atoms with Gasteiger partial charge in [0.1, 0.15) is 11.8 Å². The minimum Gasteiger partial charge on any atom is -0.506 e. The molecule has 1 aromatic rings. The minimum atomic E-state index is -1.08.